The molecule has 2 amide bonds. The predicted octanol–water partition coefficient (Wildman–Crippen LogP) is 2.27. The van der Waals surface area contributed by atoms with Gasteiger partial charge in [-0.3, -0.25) is 0 Å². The molecule has 1 aromatic heterocycles. The lowest BCUT2D eigenvalue weighted by Crippen LogP contribution is -2.32. The second kappa shape index (κ2) is 6.09. The maximum atomic E-state index is 13.3. The zero-order valence-electron chi connectivity index (χ0n) is 10.6. The van der Waals surface area contributed by atoms with Crippen molar-refractivity contribution in [3.05, 3.63) is 42.1 Å². The van der Waals surface area contributed by atoms with Gasteiger partial charge in [-0.25, -0.2) is 13.6 Å². The third-order valence-corrected chi connectivity index (χ3v) is 2.59. The molecule has 2 N–H and O–H groups in total. The summed E-state index contributed by atoms with van der Waals surface area (Å²) in [5.74, 6) is -1.44. The SMILES string of the molecule is CC(CNC(=O)Nc1c(F)cccc1F)c1ncon1. The number of nitrogens with zero attached hydrogens (tertiary/aromatic N) is 2. The van der Waals surface area contributed by atoms with E-state index in [1.807, 2.05) is 0 Å². The van der Waals surface area contributed by atoms with Crippen molar-refractivity contribution in [2.75, 3.05) is 11.9 Å². The van der Waals surface area contributed by atoms with Crippen LogP contribution in [0.5, 0.6) is 0 Å². The maximum Gasteiger partial charge on any atom is 0.319 e. The smallest absolute Gasteiger partial charge is 0.319 e. The van der Waals surface area contributed by atoms with Crippen LogP contribution in [-0.2, 0) is 0 Å². The van der Waals surface area contributed by atoms with E-state index in [4.69, 9.17) is 0 Å². The second-order valence-electron chi connectivity index (χ2n) is 4.12. The van der Waals surface area contributed by atoms with Gasteiger partial charge in [0.05, 0.1) is 0 Å². The summed E-state index contributed by atoms with van der Waals surface area (Å²) in [7, 11) is 0. The largest absolute Gasteiger partial charge is 0.343 e. The topological polar surface area (TPSA) is 80.0 Å². The van der Waals surface area contributed by atoms with E-state index in [0.29, 0.717) is 5.82 Å². The van der Waals surface area contributed by atoms with Crippen LogP contribution < -0.4 is 10.6 Å². The van der Waals surface area contributed by atoms with Crippen LogP contribution in [0.25, 0.3) is 0 Å². The first-order chi connectivity index (χ1) is 9.58. The van der Waals surface area contributed by atoms with Gasteiger partial charge in [-0.1, -0.05) is 18.1 Å². The molecule has 0 saturated carbocycles. The summed E-state index contributed by atoms with van der Waals surface area (Å²) < 4.78 is 31.2. The van der Waals surface area contributed by atoms with Crippen LogP contribution in [0.3, 0.4) is 0 Å². The third-order valence-electron chi connectivity index (χ3n) is 2.59. The number of rotatable bonds is 4. The van der Waals surface area contributed by atoms with Gasteiger partial charge in [0.2, 0.25) is 6.39 Å². The number of hydrogen-bond donors (Lipinski definition) is 2. The summed E-state index contributed by atoms with van der Waals surface area (Å²) >= 11 is 0. The summed E-state index contributed by atoms with van der Waals surface area (Å²) in [6.45, 7) is 1.97. The van der Waals surface area contributed by atoms with Crippen molar-refractivity contribution in [1.29, 1.82) is 0 Å². The van der Waals surface area contributed by atoms with Crippen LogP contribution in [0.15, 0.2) is 29.1 Å². The number of halogens is 2. The Hall–Kier alpha value is -2.51. The summed E-state index contributed by atoms with van der Waals surface area (Å²) in [5, 5.41) is 8.21. The van der Waals surface area contributed by atoms with Crippen molar-refractivity contribution in [1.82, 2.24) is 15.5 Å². The van der Waals surface area contributed by atoms with E-state index >= 15 is 0 Å². The van der Waals surface area contributed by atoms with E-state index in [-0.39, 0.29) is 12.5 Å². The molecule has 0 spiro atoms. The molecule has 20 heavy (non-hydrogen) atoms. The fourth-order valence-electron chi connectivity index (χ4n) is 1.51. The second-order valence-corrected chi connectivity index (χ2v) is 4.12. The molecule has 6 nitrogen and oxygen atoms in total. The Balaban J connectivity index is 1.90. The Morgan fingerprint density at radius 3 is 2.70 bits per heavy atom. The number of para-hydroxylation sites is 1. The van der Waals surface area contributed by atoms with Gasteiger partial charge in [-0.05, 0) is 12.1 Å². The van der Waals surface area contributed by atoms with Crippen LogP contribution in [0, 0.1) is 11.6 Å². The van der Waals surface area contributed by atoms with Gasteiger partial charge in [0.1, 0.15) is 17.3 Å². The Morgan fingerprint density at radius 1 is 1.40 bits per heavy atom. The van der Waals surface area contributed by atoms with Crippen LogP contribution >= 0.6 is 0 Å². The number of benzene rings is 1. The molecule has 2 aromatic rings. The highest BCUT2D eigenvalue weighted by Gasteiger charge is 2.14. The first kappa shape index (κ1) is 13.9. The number of amides is 2. The van der Waals surface area contributed by atoms with Gasteiger partial charge in [-0.2, -0.15) is 4.98 Å². The minimum Gasteiger partial charge on any atom is -0.343 e. The molecule has 1 heterocycles. The van der Waals surface area contributed by atoms with E-state index in [0.717, 1.165) is 12.1 Å². The van der Waals surface area contributed by atoms with E-state index in [1.165, 1.54) is 12.5 Å². The molecule has 0 radical (unpaired) electrons. The third kappa shape index (κ3) is 3.28. The molecule has 1 aromatic carbocycles. The molecule has 1 unspecified atom stereocenters. The molecule has 8 heteroatoms. The lowest BCUT2D eigenvalue weighted by Gasteiger charge is -2.11. The molecule has 2 rings (SSSR count). The van der Waals surface area contributed by atoms with E-state index < -0.39 is 23.4 Å². The van der Waals surface area contributed by atoms with Crippen LogP contribution in [0.2, 0.25) is 0 Å². The number of aromatic nitrogens is 2. The van der Waals surface area contributed by atoms with Crippen molar-refractivity contribution >= 4 is 11.7 Å². The Bertz CT molecular complexity index is 569. The first-order valence-corrected chi connectivity index (χ1v) is 5.83. The predicted molar refractivity (Wildman–Crippen MR) is 66.1 cm³/mol. The van der Waals surface area contributed by atoms with Crippen molar-refractivity contribution in [3.63, 3.8) is 0 Å². The maximum absolute atomic E-state index is 13.3. The number of hydrogen-bond acceptors (Lipinski definition) is 4. The molecule has 1 atom stereocenters. The number of anilines is 1. The molecule has 0 saturated heterocycles. The van der Waals surface area contributed by atoms with Gasteiger partial charge < -0.3 is 15.2 Å². The molecule has 106 valence electrons. The molecule has 0 fully saturated rings. The molecule has 0 bridgehead atoms. The monoisotopic (exact) mass is 282 g/mol. The lowest BCUT2D eigenvalue weighted by atomic mass is 10.2. The highest BCUT2D eigenvalue weighted by atomic mass is 19.1. The van der Waals surface area contributed by atoms with Gasteiger partial charge in [-0.15, -0.1) is 0 Å². The fourth-order valence-corrected chi connectivity index (χ4v) is 1.51. The molecule has 0 aliphatic carbocycles. The van der Waals surface area contributed by atoms with E-state index in [2.05, 4.69) is 25.3 Å². The van der Waals surface area contributed by atoms with E-state index in [1.54, 1.807) is 6.92 Å². The zero-order valence-corrected chi connectivity index (χ0v) is 10.6. The number of urea groups is 1. The average Bonchev–Trinajstić information content (AvgIpc) is 2.94. The molecular formula is C12H12F2N4O2. The van der Waals surface area contributed by atoms with Crippen LogP contribution in [-0.4, -0.2) is 22.7 Å². The standard InChI is InChI=1S/C12H12F2N4O2/c1-7(11-16-6-20-18-11)5-15-12(19)17-10-8(13)3-2-4-9(10)14/h2-4,6-7H,5H2,1H3,(H2,15,17,19). The van der Waals surface area contributed by atoms with Gasteiger partial charge in [0.15, 0.2) is 5.82 Å². The Morgan fingerprint density at radius 2 is 2.10 bits per heavy atom. The lowest BCUT2D eigenvalue weighted by molar-refractivity contribution is 0.251. The number of carbonyl (C=O) groups is 1. The van der Waals surface area contributed by atoms with Crippen molar-refractivity contribution in [2.24, 2.45) is 0 Å². The minimum atomic E-state index is -0.841. The van der Waals surface area contributed by atoms with E-state index in [9.17, 15) is 13.6 Å². The highest BCUT2D eigenvalue weighted by molar-refractivity contribution is 5.89. The summed E-state index contributed by atoms with van der Waals surface area (Å²) in [4.78, 5) is 15.4. The molecule has 0 aliphatic heterocycles. The summed E-state index contributed by atoms with van der Waals surface area (Å²) in [6, 6.07) is 2.61. The van der Waals surface area contributed by atoms with Crippen molar-refractivity contribution in [3.8, 4) is 0 Å². The fraction of sp³-hybridized carbons (Fsp3) is 0.250. The quantitative estimate of drug-likeness (QED) is 0.901. The summed E-state index contributed by atoms with van der Waals surface area (Å²) in [6.07, 6.45) is 1.18. The number of nitrogens with one attached hydrogen (secondary N) is 2. The van der Waals surface area contributed by atoms with Gasteiger partial charge in [0.25, 0.3) is 0 Å². The Labute approximate surface area is 113 Å². The Kier molecular flexibility index (Phi) is 4.24. The zero-order chi connectivity index (χ0) is 14.5. The van der Waals surface area contributed by atoms with Gasteiger partial charge in [0, 0.05) is 12.5 Å². The van der Waals surface area contributed by atoms with Gasteiger partial charge >= 0.3 is 6.03 Å². The van der Waals surface area contributed by atoms with Crippen molar-refractivity contribution in [2.45, 2.75) is 12.8 Å². The molecule has 0 aliphatic rings. The van der Waals surface area contributed by atoms with Crippen molar-refractivity contribution < 1.29 is 18.1 Å². The van der Waals surface area contributed by atoms with Crippen LogP contribution in [0.4, 0.5) is 19.3 Å². The highest BCUT2D eigenvalue weighted by Crippen LogP contribution is 2.17. The summed E-state index contributed by atoms with van der Waals surface area (Å²) in [5.41, 5.74) is -0.489. The number of carbonyl (C=O) groups excluding carboxylic acids is 1. The van der Waals surface area contributed by atoms with Crippen LogP contribution in [0.1, 0.15) is 18.7 Å². The first-order valence-electron chi connectivity index (χ1n) is 5.83. The minimum absolute atomic E-state index is 0.190. The normalized spacial score (nSPS) is 11.9. The molecular weight excluding hydrogens is 270 g/mol. The average molecular weight is 282 g/mol.